The number of nitro benzene ring substituents is 2. The predicted molar refractivity (Wildman–Crippen MR) is 135 cm³/mol. The maximum Gasteiger partial charge on any atom is 0.293 e. The standard InChI is InChI=1S/C25H19N3O8S/c1-35-21-11-8-17(12-22(21)36-15-16-6-9-19(10-7-16)27(31)32)13-23-24(29)26(25(30)37-23)14-18-4-2-3-5-20(18)28(33)34/h2-13H,14-15H2,1H3/b23-13-. The first-order valence-electron chi connectivity index (χ1n) is 10.8. The zero-order chi connectivity index (χ0) is 26.5. The molecule has 11 nitrogen and oxygen atoms in total. The van der Waals surface area contributed by atoms with Gasteiger partial charge in [-0.2, -0.15) is 0 Å². The SMILES string of the molecule is COc1ccc(/C=C2\SC(=O)N(Cc3ccccc3[N+](=O)[O-])C2=O)cc1OCc1ccc([N+](=O)[O-])cc1. The smallest absolute Gasteiger partial charge is 0.293 e. The lowest BCUT2D eigenvalue weighted by Crippen LogP contribution is -2.27. The number of para-hydroxylation sites is 1. The Morgan fingerprint density at radius 1 is 0.946 bits per heavy atom. The Morgan fingerprint density at radius 2 is 1.68 bits per heavy atom. The topological polar surface area (TPSA) is 142 Å². The van der Waals surface area contributed by atoms with Gasteiger partial charge in [0.15, 0.2) is 11.5 Å². The lowest BCUT2D eigenvalue weighted by Gasteiger charge is -2.13. The Kier molecular flexibility index (Phi) is 7.49. The van der Waals surface area contributed by atoms with E-state index in [0.717, 1.165) is 16.7 Å². The number of ether oxygens (including phenoxy) is 2. The van der Waals surface area contributed by atoms with Crippen molar-refractivity contribution in [3.8, 4) is 11.5 Å². The van der Waals surface area contributed by atoms with E-state index in [1.807, 2.05) is 0 Å². The lowest BCUT2D eigenvalue weighted by atomic mass is 10.1. The van der Waals surface area contributed by atoms with Gasteiger partial charge < -0.3 is 9.47 Å². The van der Waals surface area contributed by atoms with Gasteiger partial charge in [0.1, 0.15) is 6.61 Å². The van der Waals surface area contributed by atoms with Crippen molar-refractivity contribution in [2.45, 2.75) is 13.2 Å². The first kappa shape index (κ1) is 25.4. The predicted octanol–water partition coefficient (Wildman–Crippen LogP) is 5.33. The van der Waals surface area contributed by atoms with Crippen LogP contribution in [-0.2, 0) is 17.9 Å². The largest absolute Gasteiger partial charge is 0.493 e. The van der Waals surface area contributed by atoms with E-state index in [9.17, 15) is 29.8 Å². The van der Waals surface area contributed by atoms with Crippen LogP contribution in [0.1, 0.15) is 16.7 Å². The van der Waals surface area contributed by atoms with Gasteiger partial charge in [0, 0.05) is 23.8 Å². The molecule has 0 unspecified atom stereocenters. The number of hydrogen-bond donors (Lipinski definition) is 0. The average Bonchev–Trinajstić information content (AvgIpc) is 3.15. The second-order valence-corrected chi connectivity index (χ2v) is 8.77. The molecule has 0 atom stereocenters. The molecule has 0 radical (unpaired) electrons. The van der Waals surface area contributed by atoms with E-state index >= 15 is 0 Å². The molecule has 0 spiro atoms. The second-order valence-electron chi connectivity index (χ2n) is 7.78. The zero-order valence-corrected chi connectivity index (χ0v) is 20.2. The van der Waals surface area contributed by atoms with Crippen LogP contribution in [0.25, 0.3) is 6.08 Å². The van der Waals surface area contributed by atoms with Crippen LogP contribution >= 0.6 is 11.8 Å². The fourth-order valence-electron chi connectivity index (χ4n) is 3.55. The number of thioether (sulfide) groups is 1. The van der Waals surface area contributed by atoms with Crippen LogP contribution in [0.15, 0.2) is 71.6 Å². The fourth-order valence-corrected chi connectivity index (χ4v) is 4.39. The normalized spacial score (nSPS) is 14.2. The molecule has 37 heavy (non-hydrogen) atoms. The van der Waals surface area contributed by atoms with Crippen molar-refractivity contribution in [1.82, 2.24) is 4.90 Å². The van der Waals surface area contributed by atoms with E-state index in [-0.39, 0.29) is 35.0 Å². The summed E-state index contributed by atoms with van der Waals surface area (Å²) in [6.07, 6.45) is 1.53. The van der Waals surface area contributed by atoms with Gasteiger partial charge in [-0.25, -0.2) is 0 Å². The molecule has 3 aromatic rings. The minimum atomic E-state index is -0.558. The van der Waals surface area contributed by atoms with E-state index in [4.69, 9.17) is 9.47 Å². The number of non-ortho nitro benzene ring substituents is 1. The lowest BCUT2D eigenvalue weighted by molar-refractivity contribution is -0.385. The Hall–Kier alpha value is -4.71. The summed E-state index contributed by atoms with van der Waals surface area (Å²) in [5.74, 6) is 0.245. The Morgan fingerprint density at radius 3 is 2.35 bits per heavy atom. The van der Waals surface area contributed by atoms with Crippen molar-refractivity contribution >= 4 is 40.4 Å². The van der Waals surface area contributed by atoms with Crippen LogP contribution in [0.4, 0.5) is 16.2 Å². The van der Waals surface area contributed by atoms with E-state index in [1.165, 1.54) is 43.5 Å². The summed E-state index contributed by atoms with van der Waals surface area (Å²) >= 11 is 0.741. The van der Waals surface area contributed by atoms with Crippen molar-refractivity contribution in [2.24, 2.45) is 0 Å². The van der Waals surface area contributed by atoms with Gasteiger partial charge in [-0.3, -0.25) is 34.7 Å². The molecule has 2 amide bonds. The summed E-state index contributed by atoms with van der Waals surface area (Å²) in [6, 6.07) is 16.8. The van der Waals surface area contributed by atoms with Crippen molar-refractivity contribution in [2.75, 3.05) is 7.11 Å². The number of hydrogen-bond acceptors (Lipinski definition) is 9. The molecule has 188 valence electrons. The van der Waals surface area contributed by atoms with Crippen molar-refractivity contribution in [3.05, 3.63) is 109 Å². The monoisotopic (exact) mass is 521 g/mol. The highest BCUT2D eigenvalue weighted by Crippen LogP contribution is 2.36. The summed E-state index contributed by atoms with van der Waals surface area (Å²) in [4.78, 5) is 47.7. The van der Waals surface area contributed by atoms with Crippen LogP contribution in [0.2, 0.25) is 0 Å². The molecule has 4 rings (SSSR count). The number of nitro groups is 2. The highest BCUT2D eigenvalue weighted by atomic mass is 32.2. The molecule has 0 aromatic heterocycles. The maximum atomic E-state index is 12.9. The van der Waals surface area contributed by atoms with Crippen molar-refractivity contribution < 1.29 is 28.9 Å². The van der Waals surface area contributed by atoms with Crippen LogP contribution in [0.3, 0.4) is 0 Å². The first-order valence-corrected chi connectivity index (χ1v) is 11.6. The molecule has 0 N–H and O–H groups in total. The molecule has 1 aliphatic rings. The number of methoxy groups -OCH3 is 1. The first-order chi connectivity index (χ1) is 17.8. The van der Waals surface area contributed by atoms with Crippen molar-refractivity contribution in [1.29, 1.82) is 0 Å². The van der Waals surface area contributed by atoms with E-state index in [2.05, 4.69) is 0 Å². The quantitative estimate of drug-likeness (QED) is 0.207. The Balaban J connectivity index is 1.52. The van der Waals surface area contributed by atoms with Gasteiger partial charge in [-0.1, -0.05) is 24.3 Å². The molecule has 1 aliphatic heterocycles. The van der Waals surface area contributed by atoms with Gasteiger partial charge in [0.2, 0.25) is 0 Å². The van der Waals surface area contributed by atoms with Crippen LogP contribution in [-0.4, -0.2) is 33.0 Å². The number of nitrogens with zero attached hydrogens (tertiary/aromatic N) is 3. The molecule has 1 fully saturated rings. The number of imide groups is 1. The third-order valence-corrected chi connectivity index (χ3v) is 6.32. The highest BCUT2D eigenvalue weighted by molar-refractivity contribution is 8.18. The number of rotatable bonds is 9. The van der Waals surface area contributed by atoms with E-state index < -0.39 is 21.0 Å². The summed E-state index contributed by atoms with van der Waals surface area (Å²) in [5, 5.41) is 21.6. The second kappa shape index (κ2) is 10.9. The van der Waals surface area contributed by atoms with Gasteiger partial charge in [-0.05, 0) is 53.2 Å². The Labute approximate surface area is 214 Å². The zero-order valence-electron chi connectivity index (χ0n) is 19.4. The molecular formula is C25H19N3O8S. The minimum Gasteiger partial charge on any atom is -0.493 e. The molecule has 0 bridgehead atoms. The van der Waals surface area contributed by atoms with Gasteiger partial charge in [-0.15, -0.1) is 0 Å². The molecule has 0 aliphatic carbocycles. The molecule has 1 heterocycles. The summed E-state index contributed by atoms with van der Waals surface area (Å²) in [6.45, 7) is -0.102. The van der Waals surface area contributed by atoms with Gasteiger partial charge in [0.05, 0.1) is 28.4 Å². The maximum absolute atomic E-state index is 12.9. The molecule has 3 aromatic carbocycles. The Bertz CT molecular complexity index is 1420. The van der Waals surface area contributed by atoms with Crippen LogP contribution in [0.5, 0.6) is 11.5 Å². The van der Waals surface area contributed by atoms with Crippen molar-refractivity contribution in [3.63, 3.8) is 0 Å². The highest BCUT2D eigenvalue weighted by Gasteiger charge is 2.36. The van der Waals surface area contributed by atoms with Crippen LogP contribution < -0.4 is 9.47 Å². The fraction of sp³-hybridized carbons (Fsp3) is 0.120. The number of amides is 2. The minimum absolute atomic E-state index is 0.0286. The molecular weight excluding hydrogens is 502 g/mol. The molecule has 0 saturated carbocycles. The van der Waals surface area contributed by atoms with Gasteiger partial charge in [0.25, 0.3) is 22.5 Å². The van der Waals surface area contributed by atoms with E-state index in [1.54, 1.807) is 36.4 Å². The number of carbonyl (C=O) groups excluding carboxylic acids is 2. The molecule has 1 saturated heterocycles. The van der Waals surface area contributed by atoms with Crippen LogP contribution in [0, 0.1) is 20.2 Å². The third kappa shape index (κ3) is 5.76. The summed E-state index contributed by atoms with van der Waals surface area (Å²) in [7, 11) is 1.47. The summed E-state index contributed by atoms with van der Waals surface area (Å²) < 4.78 is 11.2. The molecule has 12 heteroatoms. The van der Waals surface area contributed by atoms with E-state index in [0.29, 0.717) is 22.6 Å². The van der Waals surface area contributed by atoms with Gasteiger partial charge >= 0.3 is 0 Å². The third-order valence-electron chi connectivity index (χ3n) is 5.42. The number of benzene rings is 3. The summed E-state index contributed by atoms with van der Waals surface area (Å²) in [5.41, 5.74) is 1.32. The average molecular weight is 522 g/mol. The number of carbonyl (C=O) groups is 2.